The fraction of sp³-hybridized carbons (Fsp3) is 0.304. The van der Waals surface area contributed by atoms with Gasteiger partial charge in [0.25, 0.3) is 0 Å². The Hall–Kier alpha value is -3.32. The maximum absolute atomic E-state index is 12.0. The van der Waals surface area contributed by atoms with Crippen molar-refractivity contribution < 1.29 is 14.4 Å². The summed E-state index contributed by atoms with van der Waals surface area (Å²) in [6.45, 7) is 6.94. The Morgan fingerprint density at radius 3 is 2.57 bits per heavy atom. The van der Waals surface area contributed by atoms with Gasteiger partial charge in [-0.25, -0.2) is 14.8 Å². The van der Waals surface area contributed by atoms with Gasteiger partial charge in [0.2, 0.25) is 0 Å². The number of nitrogens with zero attached hydrogens (tertiary/aromatic N) is 3. The molecule has 3 rings (SSSR count). The van der Waals surface area contributed by atoms with Crippen LogP contribution in [-0.4, -0.2) is 46.3 Å². The fourth-order valence-electron chi connectivity index (χ4n) is 3.50. The molecule has 1 aromatic carbocycles. The van der Waals surface area contributed by atoms with E-state index in [4.69, 9.17) is 15.1 Å². The van der Waals surface area contributed by atoms with E-state index in [9.17, 15) is 10.0 Å². The Morgan fingerprint density at radius 2 is 2.00 bits per heavy atom. The van der Waals surface area contributed by atoms with Crippen LogP contribution in [-0.2, 0) is 0 Å². The SMILES string of the molecule is C=C/C(=C\C=C/C)c1oc(C2CCN(C(=O)N(C)O)CC2)nc1-c1ccc(N)cc1. The van der Waals surface area contributed by atoms with Crippen LogP contribution in [0.15, 0.2) is 59.6 Å². The van der Waals surface area contributed by atoms with Crippen molar-refractivity contribution in [3.05, 3.63) is 66.8 Å². The van der Waals surface area contributed by atoms with Crippen molar-refractivity contribution in [2.24, 2.45) is 0 Å². The van der Waals surface area contributed by atoms with Crippen molar-refractivity contribution in [1.29, 1.82) is 0 Å². The van der Waals surface area contributed by atoms with E-state index in [1.165, 1.54) is 7.05 Å². The summed E-state index contributed by atoms with van der Waals surface area (Å²) in [5.74, 6) is 1.40. The lowest BCUT2D eigenvalue weighted by Crippen LogP contribution is -2.43. The molecular formula is C23H28N4O3. The van der Waals surface area contributed by atoms with E-state index in [0.717, 1.165) is 16.8 Å². The third kappa shape index (κ3) is 4.63. The van der Waals surface area contributed by atoms with Crippen molar-refractivity contribution in [2.75, 3.05) is 25.9 Å². The molecule has 2 amide bonds. The van der Waals surface area contributed by atoms with Gasteiger partial charge in [0.1, 0.15) is 5.69 Å². The number of hydrogen-bond acceptors (Lipinski definition) is 5. The average Bonchev–Trinajstić information content (AvgIpc) is 3.19. The Bertz CT molecular complexity index is 949. The van der Waals surface area contributed by atoms with Gasteiger partial charge >= 0.3 is 6.03 Å². The topological polar surface area (TPSA) is 95.8 Å². The van der Waals surface area contributed by atoms with Gasteiger partial charge in [0.15, 0.2) is 11.7 Å². The highest BCUT2D eigenvalue weighted by Gasteiger charge is 2.29. The first-order valence-corrected chi connectivity index (χ1v) is 9.98. The Balaban J connectivity index is 1.93. The van der Waals surface area contributed by atoms with Crippen LogP contribution in [0.3, 0.4) is 0 Å². The van der Waals surface area contributed by atoms with Gasteiger partial charge in [-0.2, -0.15) is 0 Å². The number of carbonyl (C=O) groups excluding carboxylic acids is 1. The van der Waals surface area contributed by atoms with Gasteiger partial charge in [-0.3, -0.25) is 5.21 Å². The smallest absolute Gasteiger partial charge is 0.343 e. The number of hydroxylamine groups is 2. The lowest BCUT2D eigenvalue weighted by atomic mass is 9.97. The van der Waals surface area contributed by atoms with Crippen LogP contribution in [0, 0.1) is 0 Å². The number of benzene rings is 1. The monoisotopic (exact) mass is 408 g/mol. The molecule has 3 N–H and O–H groups in total. The Kier molecular flexibility index (Phi) is 6.74. The zero-order chi connectivity index (χ0) is 21.7. The normalized spacial score (nSPS) is 15.6. The maximum atomic E-state index is 12.0. The van der Waals surface area contributed by atoms with Crippen molar-refractivity contribution >= 4 is 17.3 Å². The second kappa shape index (κ2) is 9.45. The summed E-state index contributed by atoms with van der Waals surface area (Å²) in [5, 5.41) is 10.00. The minimum Gasteiger partial charge on any atom is -0.440 e. The molecule has 0 unspecified atom stereocenters. The molecule has 2 heterocycles. The zero-order valence-electron chi connectivity index (χ0n) is 17.4. The maximum Gasteiger partial charge on any atom is 0.343 e. The molecule has 1 aromatic heterocycles. The van der Waals surface area contributed by atoms with Crippen molar-refractivity contribution in [3.63, 3.8) is 0 Å². The quantitative estimate of drug-likeness (QED) is 0.324. The predicted molar refractivity (Wildman–Crippen MR) is 118 cm³/mol. The first-order valence-electron chi connectivity index (χ1n) is 9.98. The molecule has 0 spiro atoms. The number of carbonyl (C=O) groups is 1. The summed E-state index contributed by atoms with van der Waals surface area (Å²) < 4.78 is 6.25. The molecule has 2 aromatic rings. The number of hydrogen-bond donors (Lipinski definition) is 2. The molecule has 1 aliphatic rings. The molecule has 1 fully saturated rings. The number of allylic oxidation sites excluding steroid dienone is 5. The van der Waals surface area contributed by atoms with E-state index >= 15 is 0 Å². The van der Waals surface area contributed by atoms with Gasteiger partial charge in [0, 0.05) is 42.9 Å². The minimum atomic E-state index is -0.396. The Labute approximate surface area is 176 Å². The summed E-state index contributed by atoms with van der Waals surface area (Å²) in [4.78, 5) is 18.4. The molecule has 0 bridgehead atoms. The molecule has 30 heavy (non-hydrogen) atoms. The number of anilines is 1. The van der Waals surface area contributed by atoms with Crippen LogP contribution in [0.4, 0.5) is 10.5 Å². The average molecular weight is 409 g/mol. The van der Waals surface area contributed by atoms with E-state index in [0.29, 0.717) is 48.3 Å². The second-order valence-corrected chi connectivity index (χ2v) is 7.27. The zero-order valence-corrected chi connectivity index (χ0v) is 17.4. The summed E-state index contributed by atoms with van der Waals surface area (Å²) in [6.07, 6.45) is 8.99. The number of likely N-dealkylation sites (tertiary alicyclic amines) is 1. The number of piperidine rings is 1. The first-order chi connectivity index (χ1) is 14.4. The number of urea groups is 1. The molecule has 0 saturated carbocycles. The number of nitrogens with two attached hydrogens (primary N) is 1. The molecular weight excluding hydrogens is 380 g/mol. The van der Waals surface area contributed by atoms with Crippen LogP contribution in [0.5, 0.6) is 0 Å². The third-order valence-corrected chi connectivity index (χ3v) is 5.17. The first kappa shape index (κ1) is 21.4. The summed E-state index contributed by atoms with van der Waals surface area (Å²) in [5.41, 5.74) is 9.02. The van der Waals surface area contributed by atoms with Crippen LogP contribution in [0.1, 0.15) is 37.3 Å². The van der Waals surface area contributed by atoms with E-state index in [1.54, 1.807) is 11.0 Å². The van der Waals surface area contributed by atoms with Crippen molar-refractivity contribution in [3.8, 4) is 11.3 Å². The molecule has 7 heteroatoms. The van der Waals surface area contributed by atoms with Crippen LogP contribution >= 0.6 is 0 Å². The largest absolute Gasteiger partial charge is 0.440 e. The highest BCUT2D eigenvalue weighted by molar-refractivity contribution is 5.81. The third-order valence-electron chi connectivity index (χ3n) is 5.17. The molecule has 0 atom stereocenters. The summed E-state index contributed by atoms with van der Waals surface area (Å²) in [6, 6.07) is 7.13. The standard InChI is InChI=1S/C23H28N4O3/c1-4-6-7-16(5-2)21-20(17-8-10-19(24)11-9-17)25-22(30-21)18-12-14-27(15-13-18)23(28)26(3)29/h4-11,18,29H,2,12-15,24H2,1,3H3/b6-4-,16-7+. The molecule has 1 saturated heterocycles. The van der Waals surface area contributed by atoms with Crippen LogP contribution in [0.2, 0.25) is 0 Å². The summed E-state index contributed by atoms with van der Waals surface area (Å²) in [7, 11) is 1.33. The second-order valence-electron chi connectivity index (χ2n) is 7.27. The van der Waals surface area contributed by atoms with Gasteiger partial charge < -0.3 is 15.1 Å². The highest BCUT2D eigenvalue weighted by Crippen LogP contribution is 2.36. The van der Waals surface area contributed by atoms with Crippen molar-refractivity contribution in [2.45, 2.75) is 25.7 Å². The number of amides is 2. The number of aromatic nitrogens is 1. The predicted octanol–water partition coefficient (Wildman–Crippen LogP) is 4.69. The summed E-state index contributed by atoms with van der Waals surface area (Å²) >= 11 is 0. The van der Waals surface area contributed by atoms with Gasteiger partial charge in [-0.15, -0.1) is 0 Å². The molecule has 158 valence electrons. The Morgan fingerprint density at radius 1 is 1.33 bits per heavy atom. The van der Waals surface area contributed by atoms with Crippen molar-refractivity contribution in [1.82, 2.24) is 14.9 Å². The van der Waals surface area contributed by atoms with Crippen LogP contribution in [0.25, 0.3) is 16.8 Å². The molecule has 0 radical (unpaired) electrons. The van der Waals surface area contributed by atoms with Gasteiger partial charge in [-0.05, 0) is 31.9 Å². The van der Waals surface area contributed by atoms with Crippen LogP contribution < -0.4 is 5.73 Å². The minimum absolute atomic E-state index is 0.0899. The van der Waals surface area contributed by atoms with E-state index in [2.05, 4.69) is 6.58 Å². The molecule has 7 nitrogen and oxygen atoms in total. The van der Waals surface area contributed by atoms with Gasteiger partial charge in [0.05, 0.1) is 0 Å². The number of rotatable bonds is 5. The lowest BCUT2D eigenvalue weighted by Gasteiger charge is -2.31. The molecule has 1 aliphatic heterocycles. The van der Waals surface area contributed by atoms with E-state index in [-0.39, 0.29) is 5.92 Å². The highest BCUT2D eigenvalue weighted by atomic mass is 16.5. The van der Waals surface area contributed by atoms with E-state index in [1.807, 2.05) is 49.4 Å². The number of nitrogen functional groups attached to an aromatic ring is 1. The van der Waals surface area contributed by atoms with Gasteiger partial charge in [-0.1, -0.05) is 43.0 Å². The lowest BCUT2D eigenvalue weighted by molar-refractivity contribution is -0.0358. The molecule has 0 aliphatic carbocycles. The van der Waals surface area contributed by atoms with E-state index < -0.39 is 6.03 Å². The number of oxazole rings is 1. The fourth-order valence-corrected chi connectivity index (χ4v) is 3.50.